The Labute approximate surface area is 209 Å². The highest BCUT2D eigenvalue weighted by Crippen LogP contribution is 2.42. The van der Waals surface area contributed by atoms with Crippen molar-refractivity contribution in [3.63, 3.8) is 0 Å². The van der Waals surface area contributed by atoms with Gasteiger partial charge in [-0.2, -0.15) is 0 Å². The molecule has 1 aliphatic rings. The van der Waals surface area contributed by atoms with Gasteiger partial charge >= 0.3 is 0 Å². The Bertz CT molecular complexity index is 1370. The Morgan fingerprint density at radius 1 is 1.21 bits per heavy atom. The Kier molecular flexibility index (Phi) is 6.54. The second kappa shape index (κ2) is 9.44. The van der Waals surface area contributed by atoms with Crippen LogP contribution in [0.15, 0.2) is 34.6 Å². The molecule has 0 N–H and O–H groups in total. The van der Waals surface area contributed by atoms with Crippen molar-refractivity contribution in [1.82, 2.24) is 19.6 Å². The molecule has 178 valence electrons. The van der Waals surface area contributed by atoms with Gasteiger partial charge in [0, 0.05) is 34.9 Å². The highest BCUT2D eigenvalue weighted by atomic mass is 32.2. The molecule has 0 unspecified atom stereocenters. The summed E-state index contributed by atoms with van der Waals surface area (Å²) >= 11 is 4.99. The zero-order valence-corrected chi connectivity index (χ0v) is 21.7. The average Bonchev–Trinajstić information content (AvgIpc) is 3.42. The summed E-state index contributed by atoms with van der Waals surface area (Å²) < 4.78 is 8.27. The van der Waals surface area contributed by atoms with E-state index in [-0.39, 0.29) is 16.2 Å². The summed E-state index contributed by atoms with van der Waals surface area (Å²) in [6.07, 6.45) is 2.83. The molecule has 3 aromatic heterocycles. The lowest BCUT2D eigenvalue weighted by molar-refractivity contribution is -0.384. The third kappa shape index (κ3) is 4.30. The topological polar surface area (TPSA) is 95.5 Å². The van der Waals surface area contributed by atoms with Crippen molar-refractivity contribution in [3.05, 3.63) is 50.4 Å². The second-order valence-corrected chi connectivity index (χ2v) is 11.6. The molecule has 5 rings (SSSR count). The van der Waals surface area contributed by atoms with Gasteiger partial charge in [-0.25, -0.2) is 9.38 Å². The van der Waals surface area contributed by atoms with E-state index in [9.17, 15) is 10.1 Å². The molecule has 11 heteroatoms. The molecule has 1 aliphatic heterocycles. The van der Waals surface area contributed by atoms with E-state index in [2.05, 4.69) is 35.4 Å². The number of thioether (sulfide) groups is 2. The van der Waals surface area contributed by atoms with Crippen LogP contribution in [0.3, 0.4) is 0 Å². The van der Waals surface area contributed by atoms with Gasteiger partial charge in [0.2, 0.25) is 0 Å². The quantitative estimate of drug-likeness (QED) is 0.117. The van der Waals surface area contributed by atoms with Gasteiger partial charge in [0.15, 0.2) is 16.0 Å². The number of thiophene rings is 1. The maximum atomic E-state index is 10.9. The molecule has 4 heterocycles. The number of nitro groups is 1. The smallest absolute Gasteiger partial charge is 0.269 e. The van der Waals surface area contributed by atoms with Gasteiger partial charge in [0.1, 0.15) is 4.83 Å². The van der Waals surface area contributed by atoms with E-state index in [0.29, 0.717) is 12.4 Å². The fraction of sp³-hybridized carbons (Fsp3) is 0.435. The van der Waals surface area contributed by atoms with Crippen molar-refractivity contribution >= 4 is 56.4 Å². The zero-order chi connectivity index (χ0) is 23.9. The molecule has 0 saturated carbocycles. The fourth-order valence-electron chi connectivity index (χ4n) is 3.99. The number of benzene rings is 1. The molecule has 0 aliphatic carbocycles. The van der Waals surface area contributed by atoms with Crippen LogP contribution in [-0.2, 0) is 23.5 Å². The summed E-state index contributed by atoms with van der Waals surface area (Å²) in [6, 6.07) is 6.66. The van der Waals surface area contributed by atoms with Crippen LogP contribution < -0.4 is 0 Å². The summed E-state index contributed by atoms with van der Waals surface area (Å²) in [5, 5.41) is 22.9. The lowest BCUT2D eigenvalue weighted by Gasteiger charge is -2.33. The van der Waals surface area contributed by atoms with Gasteiger partial charge < -0.3 is 4.74 Å². The van der Waals surface area contributed by atoms with Crippen molar-refractivity contribution in [3.8, 4) is 0 Å². The van der Waals surface area contributed by atoms with Crippen molar-refractivity contribution < 1.29 is 9.66 Å². The highest BCUT2D eigenvalue weighted by Gasteiger charge is 2.33. The van der Waals surface area contributed by atoms with Crippen molar-refractivity contribution in [2.24, 2.45) is 0 Å². The van der Waals surface area contributed by atoms with Crippen LogP contribution >= 0.6 is 34.9 Å². The summed E-state index contributed by atoms with van der Waals surface area (Å²) in [4.78, 5) is 17.8. The van der Waals surface area contributed by atoms with Crippen LogP contribution in [0.2, 0.25) is 0 Å². The molecule has 1 aromatic carbocycles. The van der Waals surface area contributed by atoms with E-state index < -0.39 is 0 Å². The summed E-state index contributed by atoms with van der Waals surface area (Å²) in [5.74, 6) is 1.60. The van der Waals surface area contributed by atoms with Crippen LogP contribution in [-0.4, -0.2) is 35.9 Å². The number of nitro benzene ring substituents is 1. The van der Waals surface area contributed by atoms with Crippen molar-refractivity contribution in [2.45, 2.75) is 68.3 Å². The molecule has 0 radical (unpaired) electrons. The summed E-state index contributed by atoms with van der Waals surface area (Å²) in [6.45, 7) is 7.10. The normalized spacial score (nSPS) is 18.0. The molecule has 4 aromatic rings. The maximum Gasteiger partial charge on any atom is 0.269 e. The molecule has 34 heavy (non-hydrogen) atoms. The predicted molar refractivity (Wildman–Crippen MR) is 137 cm³/mol. The van der Waals surface area contributed by atoms with Gasteiger partial charge in [-0.05, 0) is 30.9 Å². The van der Waals surface area contributed by atoms with Gasteiger partial charge in [0.05, 0.1) is 22.5 Å². The number of non-ortho nitro benzene ring substituents is 1. The molecule has 8 nitrogen and oxygen atoms in total. The van der Waals surface area contributed by atoms with Crippen molar-refractivity contribution in [1.29, 1.82) is 0 Å². The minimum Gasteiger partial charge on any atom is -0.369 e. The first-order chi connectivity index (χ1) is 16.4. The number of rotatable bonds is 8. The van der Waals surface area contributed by atoms with Gasteiger partial charge in [-0.1, -0.05) is 49.5 Å². The number of aromatic nitrogens is 4. The minimum absolute atomic E-state index is 0.0943. The van der Waals surface area contributed by atoms with E-state index in [1.54, 1.807) is 47.0 Å². The number of ether oxygens (including phenoxy) is 1. The molecule has 0 saturated heterocycles. The molecule has 0 amide bonds. The number of hydrogen-bond acceptors (Lipinski definition) is 9. The average molecular weight is 516 g/mol. The lowest BCUT2D eigenvalue weighted by atomic mass is 9.90. The van der Waals surface area contributed by atoms with Crippen LogP contribution in [0, 0.1) is 10.1 Å². The molecular formula is C23H25N5O3S3. The largest absolute Gasteiger partial charge is 0.369 e. The van der Waals surface area contributed by atoms with E-state index >= 15 is 0 Å². The molecular weight excluding hydrogens is 490 g/mol. The third-order valence-electron chi connectivity index (χ3n) is 6.12. The summed E-state index contributed by atoms with van der Waals surface area (Å²) in [7, 11) is 0. The Morgan fingerprint density at radius 3 is 2.71 bits per heavy atom. The van der Waals surface area contributed by atoms with E-state index in [4.69, 9.17) is 9.72 Å². The van der Waals surface area contributed by atoms with Gasteiger partial charge in [0.25, 0.3) is 5.69 Å². The monoisotopic (exact) mass is 515 g/mol. The van der Waals surface area contributed by atoms with Crippen LogP contribution in [0.4, 0.5) is 5.69 Å². The lowest BCUT2D eigenvalue weighted by Crippen LogP contribution is -2.33. The van der Waals surface area contributed by atoms with Crippen LogP contribution in [0.5, 0.6) is 0 Å². The Hall–Kier alpha value is -2.21. The first-order valence-electron chi connectivity index (χ1n) is 11.2. The van der Waals surface area contributed by atoms with E-state index in [0.717, 1.165) is 56.8 Å². The van der Waals surface area contributed by atoms with Crippen molar-refractivity contribution in [2.75, 3.05) is 5.75 Å². The first kappa shape index (κ1) is 23.5. The molecule has 0 bridgehead atoms. The van der Waals surface area contributed by atoms with Crippen LogP contribution in [0.25, 0.3) is 15.9 Å². The van der Waals surface area contributed by atoms with Crippen LogP contribution in [0.1, 0.15) is 49.6 Å². The van der Waals surface area contributed by atoms with E-state index in [1.165, 1.54) is 22.6 Å². The standard InChI is InChI=1S/C23H25N5O3S3/c1-4-10-32-21-24-20-18(16-11-23(3,5-2)31-12-17(16)34-20)19-25-26-22(27(19)21)33-13-14-6-8-15(9-7-14)28(29)30/h6-9H,4-5,10-13H2,1-3H3/t23-/m1/s1. The van der Waals surface area contributed by atoms with E-state index in [1.807, 2.05) is 0 Å². The molecule has 0 fully saturated rings. The van der Waals surface area contributed by atoms with Gasteiger partial charge in [-0.15, -0.1) is 21.5 Å². The molecule has 1 atom stereocenters. The molecule has 0 spiro atoms. The minimum atomic E-state index is -0.382. The highest BCUT2D eigenvalue weighted by molar-refractivity contribution is 7.99. The second-order valence-electron chi connectivity index (χ2n) is 8.55. The Balaban J connectivity index is 1.56. The number of nitrogens with zero attached hydrogens (tertiary/aromatic N) is 5. The number of hydrogen-bond donors (Lipinski definition) is 0. The zero-order valence-electron chi connectivity index (χ0n) is 19.2. The first-order valence-corrected chi connectivity index (χ1v) is 14.0. The maximum absolute atomic E-state index is 10.9. The fourth-order valence-corrected chi connectivity index (χ4v) is 6.94. The third-order valence-corrected chi connectivity index (χ3v) is 9.36. The Morgan fingerprint density at radius 2 is 2.00 bits per heavy atom. The SMILES string of the molecule is CCCSc1nc2sc3c(c2c2nnc(SCc4ccc([N+](=O)[O-])cc4)n12)C[C@@](C)(CC)OC3. The summed E-state index contributed by atoms with van der Waals surface area (Å²) in [5.41, 5.74) is 3.05. The predicted octanol–water partition coefficient (Wildman–Crippen LogP) is 6.28. The number of fused-ring (bicyclic) bond motifs is 5. The van der Waals surface area contributed by atoms with Gasteiger partial charge in [-0.3, -0.25) is 10.1 Å².